The van der Waals surface area contributed by atoms with Gasteiger partial charge >= 0.3 is 0 Å². The van der Waals surface area contributed by atoms with Gasteiger partial charge in [0.15, 0.2) is 5.82 Å². The van der Waals surface area contributed by atoms with Crippen LogP contribution in [-0.2, 0) is 0 Å². The number of hydrogen-bond acceptors (Lipinski definition) is 2. The van der Waals surface area contributed by atoms with E-state index in [1.807, 2.05) is 16.7 Å². The fourth-order valence-electron chi connectivity index (χ4n) is 1.89. The molecule has 3 nitrogen and oxygen atoms in total. The van der Waals surface area contributed by atoms with E-state index < -0.39 is 0 Å². The molecule has 0 spiro atoms. The van der Waals surface area contributed by atoms with Crippen molar-refractivity contribution in [2.24, 2.45) is 0 Å². The first kappa shape index (κ1) is 10.9. The molecule has 0 N–H and O–H groups in total. The van der Waals surface area contributed by atoms with Crippen molar-refractivity contribution in [3.05, 3.63) is 34.6 Å². The summed E-state index contributed by atoms with van der Waals surface area (Å²) in [5.41, 5.74) is 2.36. The lowest BCUT2D eigenvalue weighted by Crippen LogP contribution is -2.16. The Bertz CT molecular complexity index is 552. The Labute approximate surface area is 118 Å². The number of rotatable bonds is 0. The zero-order valence-electron chi connectivity index (χ0n) is 7.94. The Balaban J connectivity index is 2.34. The Morgan fingerprint density at radius 1 is 1.12 bits per heavy atom. The summed E-state index contributed by atoms with van der Waals surface area (Å²) in [6, 6.07) is 8.22. The van der Waals surface area contributed by atoms with Gasteiger partial charge in [0.1, 0.15) is 4.95 Å². The van der Waals surface area contributed by atoms with Gasteiger partial charge < -0.3 is 0 Å². The monoisotopic (exact) mass is 405 g/mol. The summed E-state index contributed by atoms with van der Waals surface area (Å²) in [4.78, 5) is 0.324. The average molecular weight is 408 g/mol. The molecular weight excluding hydrogens is 402 g/mol. The molecular formula is C10H6Br3N3. The van der Waals surface area contributed by atoms with Crippen LogP contribution in [0.1, 0.15) is 15.3 Å². The third-order valence-corrected chi connectivity index (χ3v) is 5.82. The van der Waals surface area contributed by atoms with E-state index in [1.165, 1.54) is 5.56 Å². The summed E-state index contributed by atoms with van der Waals surface area (Å²) >= 11 is 10.8. The van der Waals surface area contributed by atoms with Gasteiger partial charge in [-0.1, -0.05) is 56.1 Å². The fourth-order valence-corrected chi connectivity index (χ4v) is 3.95. The molecule has 2 atom stereocenters. The van der Waals surface area contributed by atoms with E-state index in [2.05, 4.69) is 70.1 Å². The molecule has 0 saturated heterocycles. The van der Waals surface area contributed by atoms with Crippen molar-refractivity contribution in [1.29, 1.82) is 0 Å². The maximum absolute atomic E-state index is 4.20. The molecule has 0 unspecified atom stereocenters. The van der Waals surface area contributed by atoms with Gasteiger partial charge in [-0.3, -0.25) is 4.57 Å². The molecule has 0 aliphatic carbocycles. The van der Waals surface area contributed by atoms with E-state index in [0.29, 0.717) is 0 Å². The van der Waals surface area contributed by atoms with Crippen molar-refractivity contribution < 1.29 is 0 Å². The first-order valence-electron chi connectivity index (χ1n) is 4.68. The molecule has 16 heavy (non-hydrogen) atoms. The second kappa shape index (κ2) is 3.92. The number of nitrogens with zero attached hydrogens (tertiary/aromatic N) is 3. The lowest BCUT2D eigenvalue weighted by atomic mass is 10.0. The van der Waals surface area contributed by atoms with Gasteiger partial charge in [-0.25, -0.2) is 0 Å². The summed E-state index contributed by atoms with van der Waals surface area (Å²) in [7, 11) is 0. The van der Waals surface area contributed by atoms with Gasteiger partial charge in [-0.05, 0) is 21.5 Å². The molecule has 3 rings (SSSR count). The van der Waals surface area contributed by atoms with E-state index in [-0.39, 0.29) is 9.78 Å². The highest BCUT2D eigenvalue weighted by Crippen LogP contribution is 2.48. The van der Waals surface area contributed by atoms with Crippen molar-refractivity contribution in [2.45, 2.75) is 9.78 Å². The molecule has 0 saturated carbocycles. The molecule has 0 radical (unpaired) electrons. The van der Waals surface area contributed by atoms with Crippen LogP contribution in [0.15, 0.2) is 29.0 Å². The van der Waals surface area contributed by atoms with Crippen LogP contribution in [-0.4, -0.2) is 14.8 Å². The van der Waals surface area contributed by atoms with Crippen LogP contribution >= 0.6 is 47.8 Å². The van der Waals surface area contributed by atoms with Gasteiger partial charge in [0.05, 0.1) is 4.83 Å². The van der Waals surface area contributed by atoms with Gasteiger partial charge in [0.2, 0.25) is 4.73 Å². The van der Waals surface area contributed by atoms with E-state index in [9.17, 15) is 0 Å². The number of halogens is 3. The second-order valence-corrected chi connectivity index (χ2v) is 6.16. The minimum absolute atomic E-state index is 0.113. The maximum atomic E-state index is 4.20. The van der Waals surface area contributed by atoms with Crippen molar-refractivity contribution in [3.8, 4) is 11.4 Å². The topological polar surface area (TPSA) is 30.7 Å². The van der Waals surface area contributed by atoms with E-state index in [4.69, 9.17) is 0 Å². The summed E-state index contributed by atoms with van der Waals surface area (Å²) in [5.74, 6) is 0.889. The molecule has 1 aliphatic heterocycles. The smallest absolute Gasteiger partial charge is 0.201 e. The Hall–Kier alpha value is -0.200. The van der Waals surface area contributed by atoms with Crippen LogP contribution in [0.3, 0.4) is 0 Å². The summed E-state index contributed by atoms with van der Waals surface area (Å²) in [5, 5.41) is 8.26. The van der Waals surface area contributed by atoms with Crippen LogP contribution in [0.5, 0.6) is 0 Å². The quantitative estimate of drug-likeness (QED) is 0.617. The molecule has 0 bridgehead atoms. The van der Waals surface area contributed by atoms with Gasteiger partial charge in [-0.15, -0.1) is 10.2 Å². The molecule has 2 aromatic rings. The van der Waals surface area contributed by atoms with Crippen LogP contribution in [0.25, 0.3) is 11.4 Å². The lowest BCUT2D eigenvalue weighted by Gasteiger charge is -2.27. The number of alkyl halides is 2. The van der Waals surface area contributed by atoms with Gasteiger partial charge in [0, 0.05) is 5.56 Å². The maximum Gasteiger partial charge on any atom is 0.201 e. The number of fused-ring (bicyclic) bond motifs is 3. The van der Waals surface area contributed by atoms with Crippen LogP contribution in [0.2, 0.25) is 0 Å². The molecule has 6 heteroatoms. The standard InChI is InChI=1S/C10H6Br3N3/c11-7-5-3-1-2-4-6(5)9-14-15-10(13)16(9)8(7)12/h1-4,7-8H/t7-,8-/m0/s1. The number of hydrogen-bond donors (Lipinski definition) is 0. The molecule has 82 valence electrons. The summed E-state index contributed by atoms with van der Waals surface area (Å²) < 4.78 is 2.77. The molecule has 1 aromatic carbocycles. The second-order valence-electron chi connectivity index (χ2n) is 3.52. The molecule has 1 aromatic heterocycles. The van der Waals surface area contributed by atoms with E-state index >= 15 is 0 Å². The van der Waals surface area contributed by atoms with Crippen molar-refractivity contribution in [3.63, 3.8) is 0 Å². The lowest BCUT2D eigenvalue weighted by molar-refractivity contribution is 0.655. The van der Waals surface area contributed by atoms with Crippen LogP contribution in [0, 0.1) is 0 Å². The minimum Gasteiger partial charge on any atom is -0.287 e. The molecule has 0 amide bonds. The fraction of sp³-hybridized carbons (Fsp3) is 0.200. The highest BCUT2D eigenvalue weighted by molar-refractivity contribution is 9.12. The van der Waals surface area contributed by atoms with Crippen LogP contribution < -0.4 is 0 Å². The first-order valence-corrected chi connectivity index (χ1v) is 7.30. The normalized spacial score (nSPS) is 22.7. The predicted octanol–water partition coefficient (Wildman–Crippen LogP) is 4.05. The van der Waals surface area contributed by atoms with E-state index in [1.54, 1.807) is 0 Å². The Kier molecular flexibility index (Phi) is 2.68. The first-order chi connectivity index (χ1) is 7.70. The molecule has 2 heterocycles. The van der Waals surface area contributed by atoms with E-state index in [0.717, 1.165) is 16.1 Å². The third kappa shape index (κ3) is 1.43. The highest BCUT2D eigenvalue weighted by Gasteiger charge is 2.32. The SMILES string of the molecule is Brc1nnc2n1[C@H](Br)[C@@H](Br)c1ccccc1-2. The third-order valence-electron chi connectivity index (χ3n) is 2.64. The predicted molar refractivity (Wildman–Crippen MR) is 72.8 cm³/mol. The zero-order valence-corrected chi connectivity index (χ0v) is 12.7. The summed E-state index contributed by atoms with van der Waals surface area (Å²) in [6.07, 6.45) is 0. The zero-order chi connectivity index (χ0) is 11.3. The highest BCUT2D eigenvalue weighted by atomic mass is 79.9. The average Bonchev–Trinajstić information content (AvgIpc) is 2.69. The Morgan fingerprint density at radius 2 is 1.88 bits per heavy atom. The van der Waals surface area contributed by atoms with Crippen molar-refractivity contribution in [1.82, 2.24) is 14.8 Å². The molecule has 1 aliphatic rings. The van der Waals surface area contributed by atoms with Crippen molar-refractivity contribution in [2.75, 3.05) is 0 Å². The van der Waals surface area contributed by atoms with Gasteiger partial charge in [0.25, 0.3) is 0 Å². The number of aromatic nitrogens is 3. The number of benzene rings is 1. The summed E-state index contributed by atoms with van der Waals surface area (Å²) in [6.45, 7) is 0. The van der Waals surface area contributed by atoms with Gasteiger partial charge in [-0.2, -0.15) is 0 Å². The largest absolute Gasteiger partial charge is 0.287 e. The van der Waals surface area contributed by atoms with Crippen LogP contribution in [0.4, 0.5) is 0 Å². The van der Waals surface area contributed by atoms with Crippen molar-refractivity contribution >= 4 is 47.8 Å². The minimum atomic E-state index is 0.113. The molecule has 0 fully saturated rings. The Morgan fingerprint density at radius 3 is 2.69 bits per heavy atom.